The first-order valence-corrected chi connectivity index (χ1v) is 10.1. The molecule has 0 saturated carbocycles. The molecule has 0 bridgehead atoms. The highest BCUT2D eigenvalue weighted by Gasteiger charge is 2.36. The van der Waals surface area contributed by atoms with Crippen molar-refractivity contribution in [2.24, 2.45) is 0 Å². The first-order valence-electron chi connectivity index (χ1n) is 10.1. The van der Waals surface area contributed by atoms with Crippen molar-refractivity contribution in [3.05, 3.63) is 29.8 Å². The number of epoxide rings is 1. The standard InChI is InChI=1S/C22H36O2/c1-3-4-5-10-16-21-22(24-21)17-11-8-6-7-9-13-19-14-12-15-20(18-19)23-2/h12,14-15,18,21-22H,3-11,13,16-17H2,1-2H3. The summed E-state index contributed by atoms with van der Waals surface area (Å²) in [5.41, 5.74) is 1.40. The summed E-state index contributed by atoms with van der Waals surface area (Å²) in [6, 6.07) is 8.46. The first-order chi connectivity index (χ1) is 11.8. The van der Waals surface area contributed by atoms with E-state index in [1.807, 2.05) is 6.07 Å². The van der Waals surface area contributed by atoms with Crippen LogP contribution in [0.5, 0.6) is 5.75 Å². The molecule has 0 radical (unpaired) electrons. The predicted octanol–water partition coefficient (Wildman–Crippen LogP) is 6.32. The number of methoxy groups -OCH3 is 1. The highest BCUT2D eigenvalue weighted by molar-refractivity contribution is 5.28. The molecular formula is C22H36O2. The molecule has 0 aromatic heterocycles. The van der Waals surface area contributed by atoms with E-state index >= 15 is 0 Å². The lowest BCUT2D eigenvalue weighted by atomic mass is 10.0. The summed E-state index contributed by atoms with van der Waals surface area (Å²) in [5.74, 6) is 0.973. The smallest absolute Gasteiger partial charge is 0.119 e. The zero-order valence-electron chi connectivity index (χ0n) is 15.8. The third-order valence-electron chi connectivity index (χ3n) is 5.12. The molecule has 0 aliphatic carbocycles. The molecule has 2 unspecified atom stereocenters. The van der Waals surface area contributed by atoms with Crippen LogP contribution in [-0.2, 0) is 11.2 Å². The van der Waals surface area contributed by atoms with Gasteiger partial charge >= 0.3 is 0 Å². The van der Waals surface area contributed by atoms with Crippen molar-refractivity contribution in [1.29, 1.82) is 0 Å². The SMILES string of the molecule is CCCCCCC1OC1CCCCCCCc1cccc(OC)c1. The van der Waals surface area contributed by atoms with Gasteiger partial charge in [0, 0.05) is 0 Å². The summed E-state index contributed by atoms with van der Waals surface area (Å²) < 4.78 is 11.1. The van der Waals surface area contributed by atoms with Crippen LogP contribution < -0.4 is 4.74 Å². The predicted molar refractivity (Wildman–Crippen MR) is 102 cm³/mol. The average molecular weight is 333 g/mol. The van der Waals surface area contributed by atoms with Gasteiger partial charge in [-0.3, -0.25) is 0 Å². The maximum atomic E-state index is 5.79. The Morgan fingerprint density at radius 1 is 0.875 bits per heavy atom. The molecule has 1 fully saturated rings. The minimum atomic E-state index is 0.600. The minimum Gasteiger partial charge on any atom is -0.497 e. The molecule has 2 atom stereocenters. The Morgan fingerprint density at radius 3 is 2.25 bits per heavy atom. The Hall–Kier alpha value is -1.02. The van der Waals surface area contributed by atoms with Gasteiger partial charge in [0.2, 0.25) is 0 Å². The lowest BCUT2D eigenvalue weighted by molar-refractivity contribution is 0.348. The quantitative estimate of drug-likeness (QED) is 0.294. The number of ether oxygens (including phenoxy) is 2. The molecule has 0 amide bonds. The number of hydrogen-bond donors (Lipinski definition) is 0. The molecular weight excluding hydrogens is 296 g/mol. The van der Waals surface area contributed by atoms with Crippen molar-refractivity contribution in [1.82, 2.24) is 0 Å². The Balaban J connectivity index is 1.40. The molecule has 0 spiro atoms. The molecule has 0 N–H and O–H groups in total. The van der Waals surface area contributed by atoms with Gasteiger partial charge in [0.1, 0.15) is 5.75 Å². The van der Waals surface area contributed by atoms with Crippen molar-refractivity contribution in [2.45, 2.75) is 96.2 Å². The highest BCUT2D eigenvalue weighted by Crippen LogP contribution is 2.31. The van der Waals surface area contributed by atoms with E-state index < -0.39 is 0 Å². The van der Waals surface area contributed by atoms with Crippen LogP contribution >= 0.6 is 0 Å². The second-order valence-electron chi connectivity index (χ2n) is 7.22. The maximum absolute atomic E-state index is 5.79. The van der Waals surface area contributed by atoms with Crippen LogP contribution in [0.1, 0.15) is 83.1 Å². The van der Waals surface area contributed by atoms with Gasteiger partial charge in [0.05, 0.1) is 19.3 Å². The summed E-state index contributed by atoms with van der Waals surface area (Å²) >= 11 is 0. The third-order valence-corrected chi connectivity index (χ3v) is 5.12. The number of unbranched alkanes of at least 4 members (excludes halogenated alkanes) is 7. The largest absolute Gasteiger partial charge is 0.497 e. The molecule has 2 rings (SSSR count). The number of aryl methyl sites for hydroxylation is 1. The van der Waals surface area contributed by atoms with E-state index in [-0.39, 0.29) is 0 Å². The Morgan fingerprint density at radius 2 is 1.54 bits per heavy atom. The summed E-state index contributed by atoms with van der Waals surface area (Å²) in [4.78, 5) is 0. The second-order valence-corrected chi connectivity index (χ2v) is 7.22. The molecule has 1 heterocycles. The fraction of sp³-hybridized carbons (Fsp3) is 0.727. The van der Waals surface area contributed by atoms with Crippen LogP contribution in [0, 0.1) is 0 Å². The number of rotatable bonds is 14. The molecule has 2 heteroatoms. The average Bonchev–Trinajstić information content (AvgIpc) is 3.36. The molecule has 1 aromatic carbocycles. The van der Waals surface area contributed by atoms with Gasteiger partial charge in [0.25, 0.3) is 0 Å². The lowest BCUT2D eigenvalue weighted by Gasteiger charge is -2.04. The van der Waals surface area contributed by atoms with Crippen molar-refractivity contribution in [2.75, 3.05) is 7.11 Å². The third kappa shape index (κ3) is 7.70. The van der Waals surface area contributed by atoms with Gasteiger partial charge in [-0.05, 0) is 43.4 Å². The summed E-state index contributed by atoms with van der Waals surface area (Å²) in [6.07, 6.45) is 17.1. The maximum Gasteiger partial charge on any atom is 0.119 e. The van der Waals surface area contributed by atoms with E-state index in [4.69, 9.17) is 9.47 Å². The topological polar surface area (TPSA) is 21.8 Å². The van der Waals surface area contributed by atoms with E-state index in [1.165, 1.54) is 82.6 Å². The van der Waals surface area contributed by atoms with E-state index in [2.05, 4.69) is 25.1 Å². The van der Waals surface area contributed by atoms with Crippen LogP contribution in [0.3, 0.4) is 0 Å². The summed E-state index contributed by atoms with van der Waals surface area (Å²) in [6.45, 7) is 2.27. The Kier molecular flexibility index (Phi) is 9.27. The molecule has 1 aliphatic rings. The van der Waals surface area contributed by atoms with Crippen molar-refractivity contribution < 1.29 is 9.47 Å². The summed E-state index contributed by atoms with van der Waals surface area (Å²) in [7, 11) is 1.73. The molecule has 24 heavy (non-hydrogen) atoms. The van der Waals surface area contributed by atoms with Crippen LogP contribution in [0.4, 0.5) is 0 Å². The summed E-state index contributed by atoms with van der Waals surface area (Å²) in [5, 5.41) is 0. The Labute approximate surface area is 148 Å². The molecule has 1 saturated heterocycles. The minimum absolute atomic E-state index is 0.600. The van der Waals surface area contributed by atoms with Gasteiger partial charge in [-0.25, -0.2) is 0 Å². The van der Waals surface area contributed by atoms with Crippen LogP contribution in [0.25, 0.3) is 0 Å². The zero-order chi connectivity index (χ0) is 17.0. The van der Waals surface area contributed by atoms with E-state index in [0.29, 0.717) is 12.2 Å². The van der Waals surface area contributed by atoms with Crippen molar-refractivity contribution >= 4 is 0 Å². The lowest BCUT2D eigenvalue weighted by Crippen LogP contribution is -1.95. The van der Waals surface area contributed by atoms with E-state index in [0.717, 1.165) is 5.75 Å². The van der Waals surface area contributed by atoms with Crippen molar-refractivity contribution in [3.8, 4) is 5.75 Å². The van der Waals surface area contributed by atoms with E-state index in [1.54, 1.807) is 7.11 Å². The molecule has 1 aromatic rings. The fourth-order valence-corrected chi connectivity index (χ4v) is 3.49. The van der Waals surface area contributed by atoms with E-state index in [9.17, 15) is 0 Å². The van der Waals surface area contributed by atoms with Gasteiger partial charge in [-0.2, -0.15) is 0 Å². The van der Waals surface area contributed by atoms with Gasteiger partial charge in [-0.15, -0.1) is 0 Å². The fourth-order valence-electron chi connectivity index (χ4n) is 3.49. The second kappa shape index (κ2) is 11.5. The van der Waals surface area contributed by atoms with Crippen LogP contribution in [0.2, 0.25) is 0 Å². The van der Waals surface area contributed by atoms with Crippen LogP contribution in [0.15, 0.2) is 24.3 Å². The molecule has 2 nitrogen and oxygen atoms in total. The Bertz CT molecular complexity index is 443. The van der Waals surface area contributed by atoms with Crippen molar-refractivity contribution in [3.63, 3.8) is 0 Å². The number of hydrogen-bond acceptors (Lipinski definition) is 2. The molecule has 1 aliphatic heterocycles. The van der Waals surface area contributed by atoms with Gasteiger partial charge in [-0.1, -0.05) is 70.4 Å². The van der Waals surface area contributed by atoms with Gasteiger partial charge < -0.3 is 9.47 Å². The highest BCUT2D eigenvalue weighted by atomic mass is 16.6. The molecule has 136 valence electrons. The first kappa shape index (κ1) is 19.3. The zero-order valence-corrected chi connectivity index (χ0v) is 15.8. The monoisotopic (exact) mass is 332 g/mol. The number of benzene rings is 1. The van der Waals surface area contributed by atoms with Gasteiger partial charge in [0.15, 0.2) is 0 Å². The van der Waals surface area contributed by atoms with Crippen LogP contribution in [-0.4, -0.2) is 19.3 Å². The normalized spacial score (nSPS) is 19.4.